The number of hydrogen-bond donors (Lipinski definition) is 1. The number of ether oxygens (including phenoxy) is 1. The molecule has 1 saturated carbocycles. The molecular weight excluding hydrogens is 346 g/mol. The predicted octanol–water partition coefficient (Wildman–Crippen LogP) is 3.04. The lowest BCUT2D eigenvalue weighted by Crippen LogP contribution is -2.74. The molecule has 0 radical (unpaired) electrons. The molecule has 1 aliphatic carbocycles. The number of piperidine rings is 1. The predicted molar refractivity (Wildman–Crippen MR) is 97.2 cm³/mol. The van der Waals surface area contributed by atoms with E-state index in [2.05, 4.69) is 17.0 Å². The van der Waals surface area contributed by atoms with Crippen molar-refractivity contribution in [3.63, 3.8) is 0 Å². The van der Waals surface area contributed by atoms with Gasteiger partial charge in [-0.2, -0.15) is 5.10 Å². The second kappa shape index (κ2) is 5.90. The van der Waals surface area contributed by atoms with Crippen LogP contribution in [0.3, 0.4) is 0 Å². The molecule has 27 heavy (non-hydrogen) atoms. The van der Waals surface area contributed by atoms with Crippen molar-refractivity contribution in [2.45, 2.75) is 64.1 Å². The Kier molecular flexibility index (Phi) is 3.80. The van der Waals surface area contributed by atoms with E-state index in [4.69, 9.17) is 14.5 Å². The van der Waals surface area contributed by atoms with E-state index >= 15 is 0 Å². The summed E-state index contributed by atoms with van der Waals surface area (Å²) < 4.78 is 6.41. The maximum absolute atomic E-state index is 13.2. The fraction of sp³-hybridized carbons (Fsp3) is 0.700. The second-order valence-corrected chi connectivity index (χ2v) is 8.77. The van der Waals surface area contributed by atoms with Crippen LogP contribution >= 0.6 is 0 Å². The van der Waals surface area contributed by atoms with Gasteiger partial charge in [-0.05, 0) is 50.2 Å². The molecule has 0 aromatic carbocycles. The SMILES string of the molecule is C[C@@H]1CC[C@H]2[C@@H](C)C(=O)N(/N=C/c3ccc[nH]3)[C@@H]3O[C@@]4(C)CC[C@@H]1[C@@]23OO4. The van der Waals surface area contributed by atoms with Gasteiger partial charge in [-0.3, -0.25) is 4.79 Å². The molecule has 1 aromatic rings. The summed E-state index contributed by atoms with van der Waals surface area (Å²) in [7, 11) is 0. The molecule has 7 nitrogen and oxygen atoms in total. The van der Waals surface area contributed by atoms with Crippen LogP contribution in [0.4, 0.5) is 0 Å². The van der Waals surface area contributed by atoms with Gasteiger partial charge in [-0.15, -0.1) is 0 Å². The lowest BCUT2D eigenvalue weighted by Gasteiger charge is -2.60. The van der Waals surface area contributed by atoms with Gasteiger partial charge in [-0.25, -0.2) is 14.8 Å². The summed E-state index contributed by atoms with van der Waals surface area (Å²) in [5.41, 5.74) is 0.180. The zero-order chi connectivity index (χ0) is 18.8. The summed E-state index contributed by atoms with van der Waals surface area (Å²) in [4.78, 5) is 28.3. The van der Waals surface area contributed by atoms with E-state index in [1.54, 1.807) is 6.21 Å². The maximum Gasteiger partial charge on any atom is 0.248 e. The van der Waals surface area contributed by atoms with Crippen LogP contribution < -0.4 is 0 Å². The van der Waals surface area contributed by atoms with Crippen molar-refractivity contribution in [1.82, 2.24) is 9.99 Å². The minimum absolute atomic E-state index is 0.00789. The van der Waals surface area contributed by atoms with E-state index in [9.17, 15) is 4.79 Å². The zero-order valence-corrected chi connectivity index (χ0v) is 16.1. The number of hydrogen-bond acceptors (Lipinski definition) is 5. The van der Waals surface area contributed by atoms with Gasteiger partial charge in [0.05, 0.1) is 11.9 Å². The molecule has 1 amide bonds. The highest BCUT2D eigenvalue weighted by Gasteiger charge is 2.70. The van der Waals surface area contributed by atoms with Gasteiger partial charge in [-0.1, -0.05) is 13.8 Å². The first-order valence-corrected chi connectivity index (χ1v) is 10.00. The van der Waals surface area contributed by atoms with Gasteiger partial charge in [0, 0.05) is 24.5 Å². The van der Waals surface area contributed by atoms with Crippen LogP contribution in [0.25, 0.3) is 0 Å². The average molecular weight is 373 g/mol. The van der Waals surface area contributed by atoms with E-state index in [1.807, 2.05) is 32.2 Å². The Hall–Kier alpha value is -1.70. The van der Waals surface area contributed by atoms with Crippen molar-refractivity contribution in [2.75, 3.05) is 0 Å². The number of carbonyl (C=O) groups is 1. The van der Waals surface area contributed by atoms with Crippen LogP contribution in [0.5, 0.6) is 0 Å². The van der Waals surface area contributed by atoms with E-state index in [0.29, 0.717) is 5.92 Å². The Labute approximate surface area is 159 Å². The lowest BCUT2D eigenvalue weighted by molar-refractivity contribution is -0.547. The monoisotopic (exact) mass is 373 g/mol. The fourth-order valence-corrected chi connectivity index (χ4v) is 5.70. The molecule has 4 saturated heterocycles. The summed E-state index contributed by atoms with van der Waals surface area (Å²) in [6.07, 6.45) is 6.72. The minimum atomic E-state index is -0.849. The quantitative estimate of drug-likeness (QED) is 0.639. The van der Waals surface area contributed by atoms with Gasteiger partial charge in [0.25, 0.3) is 0 Å². The molecule has 5 heterocycles. The summed E-state index contributed by atoms with van der Waals surface area (Å²) in [6.45, 7) is 6.17. The molecule has 1 aromatic heterocycles. The van der Waals surface area contributed by atoms with Gasteiger partial charge in [0.15, 0.2) is 11.8 Å². The number of aromatic amines is 1. The third-order valence-corrected chi connectivity index (χ3v) is 7.18. The Morgan fingerprint density at radius 1 is 1.26 bits per heavy atom. The van der Waals surface area contributed by atoms with Crippen molar-refractivity contribution in [2.24, 2.45) is 28.8 Å². The van der Waals surface area contributed by atoms with Gasteiger partial charge in [0.1, 0.15) is 0 Å². The van der Waals surface area contributed by atoms with Crippen LogP contribution in [-0.2, 0) is 19.3 Å². The molecule has 146 valence electrons. The summed E-state index contributed by atoms with van der Waals surface area (Å²) in [5, 5.41) is 6.06. The number of hydrazone groups is 1. The van der Waals surface area contributed by atoms with Crippen LogP contribution in [0.15, 0.2) is 23.4 Å². The van der Waals surface area contributed by atoms with Crippen LogP contribution in [0.1, 0.15) is 52.1 Å². The van der Waals surface area contributed by atoms with Gasteiger partial charge >= 0.3 is 0 Å². The molecule has 5 aliphatic rings. The minimum Gasteiger partial charge on any atom is -0.360 e. The first kappa shape index (κ1) is 17.4. The van der Waals surface area contributed by atoms with Crippen molar-refractivity contribution in [3.05, 3.63) is 24.0 Å². The molecule has 4 aliphatic heterocycles. The first-order valence-electron chi connectivity index (χ1n) is 10.00. The van der Waals surface area contributed by atoms with Crippen LogP contribution in [0, 0.1) is 23.7 Å². The van der Waals surface area contributed by atoms with E-state index < -0.39 is 17.6 Å². The smallest absolute Gasteiger partial charge is 0.248 e. The molecule has 1 N–H and O–H groups in total. The highest BCUT2D eigenvalue weighted by Crippen LogP contribution is 2.60. The molecule has 7 atom stereocenters. The fourth-order valence-electron chi connectivity index (χ4n) is 5.70. The third-order valence-electron chi connectivity index (χ3n) is 7.18. The molecular formula is C20H27N3O4. The standard InChI is InChI=1S/C20H27N3O4/c1-12-6-7-16-13(2)17(24)23(22-11-14-5-4-10-21-14)18-20(16)15(12)8-9-19(3,25-18)26-27-20/h4-5,10-13,15-16,18,21H,6-9H2,1-3H3/b22-11+/t12-,13-,15+,16+,18-,19-,20-/m1/s1. The Balaban J connectivity index is 1.61. The molecule has 0 unspecified atom stereocenters. The number of rotatable bonds is 2. The second-order valence-electron chi connectivity index (χ2n) is 8.77. The molecule has 1 spiro atoms. The lowest BCUT2D eigenvalue weighted by atomic mass is 9.57. The summed E-state index contributed by atoms with van der Waals surface area (Å²) in [5.74, 6) is -0.192. The molecule has 7 heteroatoms. The third kappa shape index (κ3) is 2.38. The average Bonchev–Trinajstić information content (AvgIpc) is 3.06. The summed E-state index contributed by atoms with van der Waals surface area (Å²) in [6, 6.07) is 3.81. The van der Waals surface area contributed by atoms with E-state index in [1.165, 1.54) is 5.01 Å². The number of nitrogens with zero attached hydrogens (tertiary/aromatic N) is 2. The maximum atomic E-state index is 13.2. The van der Waals surface area contributed by atoms with Crippen LogP contribution in [-0.4, -0.2) is 39.7 Å². The Morgan fingerprint density at radius 2 is 2.11 bits per heavy atom. The highest BCUT2D eigenvalue weighted by atomic mass is 17.3. The topological polar surface area (TPSA) is 76.2 Å². The summed E-state index contributed by atoms with van der Waals surface area (Å²) >= 11 is 0. The number of carbonyl (C=O) groups excluding carboxylic acids is 1. The number of H-pyrrole nitrogens is 1. The van der Waals surface area contributed by atoms with Crippen LogP contribution in [0.2, 0.25) is 0 Å². The number of amides is 1. The largest absolute Gasteiger partial charge is 0.360 e. The van der Waals surface area contributed by atoms with Crippen molar-refractivity contribution in [3.8, 4) is 0 Å². The zero-order valence-electron chi connectivity index (χ0n) is 16.1. The molecule has 2 bridgehead atoms. The van der Waals surface area contributed by atoms with Gasteiger partial charge in [0.2, 0.25) is 11.7 Å². The van der Waals surface area contributed by atoms with E-state index in [0.717, 1.165) is 31.4 Å². The Bertz CT molecular complexity index is 765. The number of aromatic nitrogens is 1. The Morgan fingerprint density at radius 3 is 2.89 bits per heavy atom. The van der Waals surface area contributed by atoms with Crippen molar-refractivity contribution >= 4 is 12.1 Å². The van der Waals surface area contributed by atoms with Gasteiger partial charge < -0.3 is 9.72 Å². The first-order chi connectivity index (χ1) is 12.9. The number of fused-ring (bicyclic) bond motifs is 2. The van der Waals surface area contributed by atoms with Crippen molar-refractivity contribution in [1.29, 1.82) is 0 Å². The number of nitrogens with one attached hydrogen (secondary N) is 1. The van der Waals surface area contributed by atoms with Crippen molar-refractivity contribution < 1.29 is 19.3 Å². The van der Waals surface area contributed by atoms with E-state index in [-0.39, 0.29) is 23.7 Å². The normalized spacial score (nSPS) is 46.6. The molecule has 5 fully saturated rings. The highest BCUT2D eigenvalue weighted by molar-refractivity contribution is 5.83. The molecule has 6 rings (SSSR count).